The van der Waals surface area contributed by atoms with E-state index in [-0.39, 0.29) is 6.04 Å². The minimum Gasteiger partial charge on any atom is -0.348 e. The van der Waals surface area contributed by atoms with E-state index < -0.39 is 12.3 Å². The van der Waals surface area contributed by atoms with E-state index in [9.17, 15) is 13.6 Å². The number of benzene rings is 1. The third kappa shape index (κ3) is 4.14. The molecule has 88 valence electrons. The van der Waals surface area contributed by atoms with E-state index >= 15 is 0 Å². The molecule has 0 heterocycles. The van der Waals surface area contributed by atoms with Gasteiger partial charge in [0.1, 0.15) is 0 Å². The van der Waals surface area contributed by atoms with E-state index in [1.165, 1.54) is 0 Å². The smallest absolute Gasteiger partial charge is 0.315 e. The first-order valence-electron chi connectivity index (χ1n) is 4.82. The Morgan fingerprint density at radius 2 is 2.19 bits per heavy atom. The van der Waals surface area contributed by atoms with Crippen LogP contribution in [0.25, 0.3) is 0 Å². The van der Waals surface area contributed by atoms with Crippen LogP contribution in [-0.2, 0) is 11.2 Å². The SMILES string of the molecule is CC(Cc1cccc(Cl)c1)NC(=O)C(F)F. The minimum absolute atomic E-state index is 0.347. The lowest BCUT2D eigenvalue weighted by Crippen LogP contribution is -2.37. The van der Waals surface area contributed by atoms with Gasteiger partial charge in [0.25, 0.3) is 5.91 Å². The van der Waals surface area contributed by atoms with Gasteiger partial charge in [0.2, 0.25) is 0 Å². The van der Waals surface area contributed by atoms with Crippen LogP contribution in [0.1, 0.15) is 12.5 Å². The predicted molar refractivity (Wildman–Crippen MR) is 58.8 cm³/mol. The van der Waals surface area contributed by atoms with Gasteiger partial charge in [0.15, 0.2) is 0 Å². The second kappa shape index (κ2) is 5.80. The van der Waals surface area contributed by atoms with Crippen LogP contribution in [0.15, 0.2) is 24.3 Å². The molecule has 0 bridgehead atoms. The summed E-state index contributed by atoms with van der Waals surface area (Å²) in [6, 6.07) is 6.73. The van der Waals surface area contributed by atoms with Crippen LogP contribution in [0.5, 0.6) is 0 Å². The van der Waals surface area contributed by atoms with Crippen LogP contribution in [0.4, 0.5) is 8.78 Å². The largest absolute Gasteiger partial charge is 0.348 e. The van der Waals surface area contributed by atoms with Crippen LogP contribution in [0, 0.1) is 0 Å². The number of carbonyl (C=O) groups is 1. The highest BCUT2D eigenvalue weighted by Gasteiger charge is 2.17. The molecule has 0 saturated heterocycles. The van der Waals surface area contributed by atoms with E-state index in [4.69, 9.17) is 11.6 Å². The van der Waals surface area contributed by atoms with E-state index in [0.29, 0.717) is 11.4 Å². The van der Waals surface area contributed by atoms with Crippen molar-refractivity contribution in [2.75, 3.05) is 0 Å². The molecule has 0 aliphatic heterocycles. The van der Waals surface area contributed by atoms with E-state index in [0.717, 1.165) is 5.56 Å². The zero-order chi connectivity index (χ0) is 12.1. The molecule has 5 heteroatoms. The normalized spacial score (nSPS) is 12.6. The minimum atomic E-state index is -2.97. The first-order chi connectivity index (χ1) is 7.49. The van der Waals surface area contributed by atoms with Gasteiger partial charge < -0.3 is 5.32 Å². The van der Waals surface area contributed by atoms with E-state index in [2.05, 4.69) is 5.32 Å². The molecule has 1 N–H and O–H groups in total. The summed E-state index contributed by atoms with van der Waals surface area (Å²) in [5.74, 6) is -1.24. The Bertz CT molecular complexity index is 371. The Labute approximate surface area is 97.6 Å². The van der Waals surface area contributed by atoms with Gasteiger partial charge in [-0.15, -0.1) is 0 Å². The second-order valence-corrected chi connectivity index (χ2v) is 3.98. The molecule has 0 aliphatic rings. The topological polar surface area (TPSA) is 29.1 Å². The maximum atomic E-state index is 12.0. The molecule has 1 aromatic carbocycles. The maximum Gasteiger partial charge on any atom is 0.315 e. The number of rotatable bonds is 4. The predicted octanol–water partition coefficient (Wildman–Crippen LogP) is 2.65. The van der Waals surface area contributed by atoms with Crippen molar-refractivity contribution in [3.05, 3.63) is 34.9 Å². The van der Waals surface area contributed by atoms with Gasteiger partial charge in [-0.2, -0.15) is 8.78 Å². The highest BCUT2D eigenvalue weighted by atomic mass is 35.5. The molecule has 2 nitrogen and oxygen atoms in total. The maximum absolute atomic E-state index is 12.0. The number of nitrogens with one attached hydrogen (secondary N) is 1. The molecule has 0 fully saturated rings. The van der Waals surface area contributed by atoms with Crippen molar-refractivity contribution in [1.29, 1.82) is 0 Å². The highest BCUT2D eigenvalue weighted by molar-refractivity contribution is 6.30. The second-order valence-electron chi connectivity index (χ2n) is 3.54. The molecule has 0 spiro atoms. The van der Waals surface area contributed by atoms with Crippen molar-refractivity contribution in [2.24, 2.45) is 0 Å². The van der Waals surface area contributed by atoms with Gasteiger partial charge >= 0.3 is 6.43 Å². The van der Waals surface area contributed by atoms with Gasteiger partial charge in [-0.1, -0.05) is 23.7 Å². The van der Waals surface area contributed by atoms with Crippen molar-refractivity contribution in [3.8, 4) is 0 Å². The van der Waals surface area contributed by atoms with Crippen LogP contribution in [0.2, 0.25) is 5.02 Å². The van der Waals surface area contributed by atoms with Gasteiger partial charge in [0.05, 0.1) is 0 Å². The Morgan fingerprint density at radius 1 is 1.50 bits per heavy atom. The zero-order valence-electron chi connectivity index (χ0n) is 8.71. The number of hydrogen-bond acceptors (Lipinski definition) is 1. The summed E-state index contributed by atoms with van der Waals surface area (Å²) in [4.78, 5) is 10.7. The van der Waals surface area contributed by atoms with Crippen LogP contribution in [-0.4, -0.2) is 18.4 Å². The number of amides is 1. The molecular weight excluding hydrogens is 236 g/mol. The van der Waals surface area contributed by atoms with Crippen molar-refractivity contribution in [3.63, 3.8) is 0 Å². The van der Waals surface area contributed by atoms with Crippen LogP contribution >= 0.6 is 11.6 Å². The summed E-state index contributed by atoms with van der Waals surface area (Å²) < 4.78 is 23.9. The molecule has 0 aliphatic carbocycles. The van der Waals surface area contributed by atoms with Crippen LogP contribution < -0.4 is 5.32 Å². The molecule has 1 amide bonds. The van der Waals surface area contributed by atoms with Crippen molar-refractivity contribution in [1.82, 2.24) is 5.32 Å². The van der Waals surface area contributed by atoms with Crippen molar-refractivity contribution in [2.45, 2.75) is 25.8 Å². The summed E-state index contributed by atoms with van der Waals surface area (Å²) in [5.41, 5.74) is 0.898. The fourth-order valence-electron chi connectivity index (χ4n) is 1.37. The average Bonchev–Trinajstić information content (AvgIpc) is 2.16. The summed E-state index contributed by atoms with van der Waals surface area (Å²) in [6.45, 7) is 1.67. The summed E-state index contributed by atoms with van der Waals surface area (Å²) in [5, 5.41) is 2.80. The first kappa shape index (κ1) is 12.9. The lowest BCUT2D eigenvalue weighted by atomic mass is 10.1. The Kier molecular flexibility index (Phi) is 4.68. The molecule has 0 aromatic heterocycles. The average molecular weight is 248 g/mol. The summed E-state index contributed by atoms with van der Waals surface area (Å²) >= 11 is 5.78. The number of halogens is 3. The summed E-state index contributed by atoms with van der Waals surface area (Å²) in [7, 11) is 0. The quantitative estimate of drug-likeness (QED) is 0.871. The highest BCUT2D eigenvalue weighted by Crippen LogP contribution is 2.12. The molecule has 1 unspecified atom stereocenters. The lowest BCUT2D eigenvalue weighted by Gasteiger charge is -2.13. The third-order valence-corrected chi connectivity index (χ3v) is 2.25. The number of carbonyl (C=O) groups excluding carboxylic acids is 1. The monoisotopic (exact) mass is 247 g/mol. The van der Waals surface area contributed by atoms with Gasteiger partial charge in [-0.05, 0) is 31.0 Å². The Hall–Kier alpha value is -1.16. The Balaban J connectivity index is 2.51. The van der Waals surface area contributed by atoms with E-state index in [1.54, 1.807) is 25.1 Å². The summed E-state index contributed by atoms with van der Waals surface area (Å²) in [6.07, 6.45) is -2.50. The molecule has 1 rings (SSSR count). The van der Waals surface area contributed by atoms with Crippen molar-refractivity contribution < 1.29 is 13.6 Å². The molecule has 1 atom stereocenters. The molecule has 1 aromatic rings. The zero-order valence-corrected chi connectivity index (χ0v) is 9.47. The van der Waals surface area contributed by atoms with Gasteiger partial charge in [-0.25, -0.2) is 0 Å². The first-order valence-corrected chi connectivity index (χ1v) is 5.20. The van der Waals surface area contributed by atoms with Gasteiger partial charge in [0, 0.05) is 11.1 Å². The van der Waals surface area contributed by atoms with Crippen LogP contribution in [0.3, 0.4) is 0 Å². The molecule has 16 heavy (non-hydrogen) atoms. The lowest BCUT2D eigenvalue weighted by molar-refractivity contribution is -0.132. The molecule has 0 saturated carbocycles. The number of hydrogen-bond donors (Lipinski definition) is 1. The third-order valence-electron chi connectivity index (χ3n) is 2.02. The van der Waals surface area contributed by atoms with Crippen molar-refractivity contribution >= 4 is 17.5 Å². The number of alkyl halides is 2. The fourth-order valence-corrected chi connectivity index (χ4v) is 1.59. The van der Waals surface area contributed by atoms with E-state index in [1.807, 2.05) is 6.07 Å². The standard InChI is InChI=1S/C11H12ClF2NO/c1-7(15-11(16)10(13)14)5-8-3-2-4-9(12)6-8/h2-4,6-7,10H,5H2,1H3,(H,15,16). The van der Waals surface area contributed by atoms with Gasteiger partial charge in [-0.3, -0.25) is 4.79 Å². The fraction of sp³-hybridized carbons (Fsp3) is 0.364. The molecular formula is C11H12ClF2NO. The Morgan fingerprint density at radius 3 is 2.75 bits per heavy atom. The molecule has 0 radical (unpaired) electrons.